The minimum Gasteiger partial charge on any atom is -0.463 e. The number of hydrogen-bond acceptors (Lipinski definition) is 9. The molecule has 2 amide bonds. The lowest BCUT2D eigenvalue weighted by Gasteiger charge is -2.43. The van der Waals surface area contributed by atoms with Crippen LogP contribution >= 0.6 is 0 Å². The van der Waals surface area contributed by atoms with Crippen molar-refractivity contribution in [3.63, 3.8) is 0 Å². The lowest BCUT2D eigenvalue weighted by molar-refractivity contribution is -0.245. The zero-order valence-corrected chi connectivity index (χ0v) is 16.7. The fourth-order valence-corrected chi connectivity index (χ4v) is 3.58. The van der Waals surface area contributed by atoms with Gasteiger partial charge in [0.1, 0.15) is 18.8 Å². The Morgan fingerprint density at radius 3 is 2.03 bits per heavy atom. The van der Waals surface area contributed by atoms with Crippen LogP contribution in [0.4, 0.5) is 0 Å². The highest BCUT2D eigenvalue weighted by Crippen LogP contribution is 2.34. The van der Waals surface area contributed by atoms with Gasteiger partial charge in [-0.25, -0.2) is 0 Å². The third kappa shape index (κ3) is 4.33. The van der Waals surface area contributed by atoms with Gasteiger partial charge in [0.2, 0.25) is 6.29 Å². The lowest BCUT2D eigenvalue weighted by Crippen LogP contribution is -2.61. The van der Waals surface area contributed by atoms with Gasteiger partial charge in [-0.15, -0.1) is 0 Å². The predicted octanol–water partition coefficient (Wildman–Crippen LogP) is 0.824. The number of carbonyl (C=O) groups excluding carboxylic acids is 5. The van der Waals surface area contributed by atoms with E-state index in [1.807, 2.05) is 0 Å². The summed E-state index contributed by atoms with van der Waals surface area (Å²) in [5, 5.41) is 0. The maximum atomic E-state index is 13.0. The predicted molar refractivity (Wildman–Crippen MR) is 98.0 cm³/mol. The Bertz CT molecular complexity index is 835. The Kier molecular flexibility index (Phi) is 6.16. The molecule has 0 unspecified atom stereocenters. The minimum absolute atomic E-state index is 0.0166. The number of imide groups is 1. The lowest BCUT2D eigenvalue weighted by atomic mass is 9.98. The smallest absolute Gasteiger partial charge is 0.305 e. The summed E-state index contributed by atoms with van der Waals surface area (Å²) in [6, 6.07) is 5.04. The van der Waals surface area contributed by atoms with Crippen molar-refractivity contribution in [1.29, 1.82) is 0 Å². The van der Waals surface area contributed by atoms with Crippen molar-refractivity contribution in [2.45, 2.75) is 51.7 Å². The molecule has 1 aromatic carbocycles. The van der Waals surface area contributed by atoms with Crippen LogP contribution in [0.25, 0.3) is 0 Å². The SMILES string of the molecule is CC(=O)OC[C@@H]1C[C@H](OC(C)=O)[C@@H](N2C(=O)c3ccccc3C2=O)[C@H](OC(C)=O)O1. The molecule has 0 bridgehead atoms. The van der Waals surface area contributed by atoms with Crippen LogP contribution in [0.2, 0.25) is 0 Å². The van der Waals surface area contributed by atoms with Crippen LogP contribution < -0.4 is 0 Å². The standard InChI is InChI=1S/C20H21NO9/c1-10(22)27-9-13-8-16(28-11(2)23)17(20(30-13)29-12(3)24)21-18(25)14-6-4-5-7-15(14)19(21)26/h4-7,13,16-17,20H,8-9H2,1-3H3/t13-,16-,17+,20+/m0/s1. The molecule has 0 aliphatic carbocycles. The van der Waals surface area contributed by atoms with E-state index in [2.05, 4.69) is 0 Å². The highest BCUT2D eigenvalue weighted by atomic mass is 16.7. The summed E-state index contributed by atoms with van der Waals surface area (Å²) in [5.74, 6) is -3.16. The van der Waals surface area contributed by atoms with E-state index in [0.717, 1.165) is 11.8 Å². The first-order valence-electron chi connectivity index (χ1n) is 9.29. The summed E-state index contributed by atoms with van der Waals surface area (Å²) in [5.41, 5.74) is 0.375. The third-order valence-electron chi connectivity index (χ3n) is 4.68. The zero-order valence-electron chi connectivity index (χ0n) is 16.7. The monoisotopic (exact) mass is 419 g/mol. The number of hydrogen-bond donors (Lipinski definition) is 0. The summed E-state index contributed by atoms with van der Waals surface area (Å²) >= 11 is 0. The molecular weight excluding hydrogens is 398 g/mol. The van der Waals surface area contributed by atoms with Crippen LogP contribution in [0.1, 0.15) is 47.9 Å². The molecule has 0 radical (unpaired) electrons. The average molecular weight is 419 g/mol. The number of ether oxygens (including phenoxy) is 4. The molecule has 2 aliphatic heterocycles. The van der Waals surface area contributed by atoms with Gasteiger partial charge in [-0.05, 0) is 12.1 Å². The molecule has 0 saturated carbocycles. The van der Waals surface area contributed by atoms with E-state index >= 15 is 0 Å². The molecule has 160 valence electrons. The van der Waals surface area contributed by atoms with Crippen LogP contribution in [0.3, 0.4) is 0 Å². The summed E-state index contributed by atoms with van der Waals surface area (Å²) < 4.78 is 21.3. The first-order valence-corrected chi connectivity index (χ1v) is 9.29. The largest absolute Gasteiger partial charge is 0.463 e. The number of fused-ring (bicyclic) bond motifs is 1. The number of benzene rings is 1. The molecule has 10 nitrogen and oxygen atoms in total. The molecule has 2 heterocycles. The van der Waals surface area contributed by atoms with Gasteiger partial charge in [0.05, 0.1) is 17.2 Å². The Labute approximate surface area is 172 Å². The molecule has 4 atom stereocenters. The van der Waals surface area contributed by atoms with Crippen LogP contribution in [-0.2, 0) is 33.3 Å². The molecule has 1 fully saturated rings. The summed E-state index contributed by atoms with van der Waals surface area (Å²) in [6.07, 6.45) is -3.22. The molecule has 1 saturated heterocycles. The molecular formula is C20H21NO9. The van der Waals surface area contributed by atoms with Gasteiger partial charge in [0.15, 0.2) is 0 Å². The van der Waals surface area contributed by atoms with E-state index in [-0.39, 0.29) is 24.2 Å². The molecule has 3 rings (SSSR count). The van der Waals surface area contributed by atoms with Gasteiger partial charge in [-0.2, -0.15) is 0 Å². The van der Waals surface area contributed by atoms with Gasteiger partial charge >= 0.3 is 17.9 Å². The first-order chi connectivity index (χ1) is 14.2. The van der Waals surface area contributed by atoms with Crippen molar-refractivity contribution in [3.05, 3.63) is 35.4 Å². The quantitative estimate of drug-likeness (QED) is 0.387. The number of nitrogens with zero attached hydrogens (tertiary/aromatic N) is 1. The number of esters is 3. The van der Waals surface area contributed by atoms with Gasteiger partial charge in [-0.3, -0.25) is 28.9 Å². The third-order valence-corrected chi connectivity index (χ3v) is 4.68. The van der Waals surface area contributed by atoms with Gasteiger partial charge in [0.25, 0.3) is 11.8 Å². The molecule has 2 aliphatic rings. The van der Waals surface area contributed by atoms with Crippen LogP contribution in [0, 0.1) is 0 Å². The van der Waals surface area contributed by atoms with E-state index in [1.165, 1.54) is 26.0 Å². The molecule has 0 N–H and O–H groups in total. The van der Waals surface area contributed by atoms with Crippen LogP contribution in [0.5, 0.6) is 0 Å². The van der Waals surface area contributed by atoms with Crippen molar-refractivity contribution in [2.24, 2.45) is 0 Å². The minimum atomic E-state index is -1.41. The Balaban J connectivity index is 1.96. The van der Waals surface area contributed by atoms with Gasteiger partial charge in [0, 0.05) is 27.2 Å². The second kappa shape index (κ2) is 8.62. The number of amides is 2. The molecule has 0 spiro atoms. The van der Waals surface area contributed by atoms with Gasteiger partial charge < -0.3 is 18.9 Å². The van der Waals surface area contributed by atoms with Gasteiger partial charge in [-0.1, -0.05) is 12.1 Å². The van der Waals surface area contributed by atoms with Crippen LogP contribution in [-0.4, -0.2) is 65.8 Å². The molecule has 1 aromatic rings. The number of rotatable bonds is 5. The summed E-state index contributed by atoms with van der Waals surface area (Å²) in [4.78, 5) is 61.4. The van der Waals surface area contributed by atoms with Crippen molar-refractivity contribution >= 4 is 29.7 Å². The maximum absolute atomic E-state index is 13.0. The van der Waals surface area contributed by atoms with Crippen molar-refractivity contribution in [2.75, 3.05) is 6.61 Å². The Morgan fingerprint density at radius 1 is 0.967 bits per heavy atom. The summed E-state index contributed by atoms with van der Waals surface area (Å²) in [7, 11) is 0. The fraction of sp³-hybridized carbons (Fsp3) is 0.450. The first kappa shape index (κ1) is 21.4. The molecule has 0 aromatic heterocycles. The average Bonchev–Trinajstić information content (AvgIpc) is 2.90. The Hall–Kier alpha value is -3.27. The highest BCUT2D eigenvalue weighted by molar-refractivity contribution is 6.21. The molecule has 10 heteroatoms. The fourth-order valence-electron chi connectivity index (χ4n) is 3.58. The summed E-state index contributed by atoms with van der Waals surface area (Å²) in [6.45, 7) is 3.35. The maximum Gasteiger partial charge on any atom is 0.305 e. The number of carbonyl (C=O) groups is 5. The van der Waals surface area contributed by atoms with E-state index in [1.54, 1.807) is 12.1 Å². The van der Waals surface area contributed by atoms with E-state index < -0.39 is 54.3 Å². The normalized spacial score (nSPS) is 25.5. The van der Waals surface area contributed by atoms with Crippen molar-refractivity contribution in [1.82, 2.24) is 4.90 Å². The topological polar surface area (TPSA) is 126 Å². The zero-order chi connectivity index (χ0) is 22.0. The van der Waals surface area contributed by atoms with E-state index in [9.17, 15) is 24.0 Å². The van der Waals surface area contributed by atoms with Crippen molar-refractivity contribution in [3.8, 4) is 0 Å². The van der Waals surface area contributed by atoms with Crippen molar-refractivity contribution < 1.29 is 42.9 Å². The highest BCUT2D eigenvalue weighted by Gasteiger charge is 2.52. The van der Waals surface area contributed by atoms with Crippen LogP contribution in [0.15, 0.2) is 24.3 Å². The Morgan fingerprint density at radius 2 is 1.53 bits per heavy atom. The second-order valence-corrected chi connectivity index (χ2v) is 6.94. The second-order valence-electron chi connectivity index (χ2n) is 6.94. The molecule has 30 heavy (non-hydrogen) atoms. The van der Waals surface area contributed by atoms with E-state index in [0.29, 0.717) is 0 Å². The van der Waals surface area contributed by atoms with E-state index in [4.69, 9.17) is 18.9 Å².